The average molecular weight is 369 g/mol. The van der Waals surface area contributed by atoms with Crippen molar-refractivity contribution >= 4 is 27.5 Å². The van der Waals surface area contributed by atoms with Crippen molar-refractivity contribution in [3.8, 4) is 11.8 Å². The van der Waals surface area contributed by atoms with Crippen molar-refractivity contribution in [2.45, 2.75) is 11.7 Å². The molecule has 1 heterocycles. The Labute approximate surface area is 133 Å². The standard InChI is InChI=1S/C15H8BrClFNO2/c16-12-11-10(6-9(18)13(12)17)21-15(7-19,14(11)20)8-4-2-1-3-5-8/h1-6,14,20H/t14-,15+/m0/s1. The van der Waals surface area contributed by atoms with E-state index in [1.807, 2.05) is 6.07 Å². The number of aliphatic hydroxyl groups is 1. The van der Waals surface area contributed by atoms with Gasteiger partial charge in [0.05, 0.1) is 5.02 Å². The number of rotatable bonds is 1. The van der Waals surface area contributed by atoms with E-state index < -0.39 is 17.5 Å². The third-order valence-corrected chi connectivity index (χ3v) is 4.88. The normalized spacial score (nSPS) is 23.3. The lowest BCUT2D eigenvalue weighted by atomic mass is 9.88. The molecule has 0 aromatic heterocycles. The van der Waals surface area contributed by atoms with E-state index in [1.165, 1.54) is 0 Å². The first-order valence-corrected chi connectivity index (χ1v) is 7.19. The first-order chi connectivity index (χ1) is 10.0. The van der Waals surface area contributed by atoms with Crippen molar-refractivity contribution in [1.82, 2.24) is 0 Å². The van der Waals surface area contributed by atoms with Crippen molar-refractivity contribution in [3.05, 3.63) is 62.8 Å². The molecule has 0 saturated carbocycles. The summed E-state index contributed by atoms with van der Waals surface area (Å²) in [6.07, 6.45) is -1.28. The Balaban J connectivity index is 2.22. The minimum atomic E-state index is -1.62. The van der Waals surface area contributed by atoms with Gasteiger partial charge in [0.15, 0.2) is 0 Å². The summed E-state index contributed by atoms with van der Waals surface area (Å²) in [7, 11) is 0. The molecule has 21 heavy (non-hydrogen) atoms. The van der Waals surface area contributed by atoms with Crippen molar-refractivity contribution in [2.24, 2.45) is 0 Å². The van der Waals surface area contributed by atoms with E-state index in [0.29, 0.717) is 5.56 Å². The van der Waals surface area contributed by atoms with Gasteiger partial charge in [0.1, 0.15) is 23.7 Å². The van der Waals surface area contributed by atoms with Gasteiger partial charge in [0.2, 0.25) is 5.60 Å². The maximum atomic E-state index is 13.7. The first kappa shape index (κ1) is 14.3. The molecular formula is C15H8BrClFNO2. The van der Waals surface area contributed by atoms with E-state index in [9.17, 15) is 14.8 Å². The Morgan fingerprint density at radius 1 is 1.38 bits per heavy atom. The molecule has 0 spiro atoms. The molecule has 3 nitrogen and oxygen atoms in total. The lowest BCUT2D eigenvalue weighted by Crippen LogP contribution is -2.33. The number of hydrogen-bond acceptors (Lipinski definition) is 3. The van der Waals surface area contributed by atoms with E-state index in [-0.39, 0.29) is 20.8 Å². The van der Waals surface area contributed by atoms with Crippen LogP contribution < -0.4 is 4.74 Å². The number of nitriles is 1. The quantitative estimate of drug-likeness (QED) is 0.772. The fourth-order valence-corrected chi connectivity index (χ4v) is 3.17. The molecule has 0 unspecified atom stereocenters. The van der Waals surface area contributed by atoms with Gasteiger partial charge in [-0.2, -0.15) is 5.26 Å². The van der Waals surface area contributed by atoms with Crippen molar-refractivity contribution in [2.75, 3.05) is 0 Å². The van der Waals surface area contributed by atoms with Gasteiger partial charge in [-0.3, -0.25) is 0 Å². The molecule has 2 atom stereocenters. The number of fused-ring (bicyclic) bond motifs is 1. The molecule has 0 amide bonds. The molecule has 1 N–H and O–H groups in total. The van der Waals surface area contributed by atoms with Gasteiger partial charge in [-0.1, -0.05) is 41.9 Å². The number of ether oxygens (including phenoxy) is 1. The first-order valence-electron chi connectivity index (χ1n) is 6.02. The van der Waals surface area contributed by atoms with Crippen molar-refractivity contribution in [3.63, 3.8) is 0 Å². The van der Waals surface area contributed by atoms with Crippen LogP contribution in [0.2, 0.25) is 5.02 Å². The topological polar surface area (TPSA) is 53.2 Å². The highest BCUT2D eigenvalue weighted by atomic mass is 79.9. The SMILES string of the molecule is N#C[C@]1(c2ccccc2)Oc2cc(F)c(Cl)c(Br)c2[C@@H]1O. The zero-order valence-electron chi connectivity index (χ0n) is 10.5. The largest absolute Gasteiger partial charge is 0.464 e. The predicted octanol–water partition coefficient (Wildman–Crippen LogP) is 4.09. The van der Waals surface area contributed by atoms with Gasteiger partial charge >= 0.3 is 0 Å². The fraction of sp³-hybridized carbons (Fsp3) is 0.133. The second-order valence-electron chi connectivity index (χ2n) is 4.62. The maximum absolute atomic E-state index is 13.7. The molecule has 2 aromatic carbocycles. The molecule has 3 rings (SSSR count). The molecular weight excluding hydrogens is 361 g/mol. The van der Waals surface area contributed by atoms with E-state index in [0.717, 1.165) is 6.07 Å². The number of benzene rings is 2. The average Bonchev–Trinajstić information content (AvgIpc) is 2.79. The minimum Gasteiger partial charge on any atom is -0.464 e. The summed E-state index contributed by atoms with van der Waals surface area (Å²) in [6.45, 7) is 0. The summed E-state index contributed by atoms with van der Waals surface area (Å²) in [5, 5.41) is 20.0. The Morgan fingerprint density at radius 2 is 2.05 bits per heavy atom. The van der Waals surface area contributed by atoms with Crippen LogP contribution in [0.4, 0.5) is 4.39 Å². The van der Waals surface area contributed by atoms with E-state index in [2.05, 4.69) is 15.9 Å². The third kappa shape index (κ3) is 1.95. The van der Waals surface area contributed by atoms with Crippen LogP contribution in [0.3, 0.4) is 0 Å². The summed E-state index contributed by atoms with van der Waals surface area (Å²) in [6, 6.07) is 11.7. The summed E-state index contributed by atoms with van der Waals surface area (Å²) < 4.78 is 19.5. The van der Waals surface area contributed by atoms with E-state index in [1.54, 1.807) is 30.3 Å². The second kappa shape index (κ2) is 4.99. The highest BCUT2D eigenvalue weighted by Gasteiger charge is 2.51. The fourth-order valence-electron chi connectivity index (χ4n) is 2.41. The van der Waals surface area contributed by atoms with Crippen LogP contribution in [-0.2, 0) is 5.60 Å². The van der Waals surface area contributed by atoms with Crippen molar-refractivity contribution < 1.29 is 14.2 Å². The zero-order valence-corrected chi connectivity index (χ0v) is 12.8. The molecule has 106 valence electrons. The highest BCUT2D eigenvalue weighted by molar-refractivity contribution is 9.10. The van der Waals surface area contributed by atoms with Crippen LogP contribution in [0.25, 0.3) is 0 Å². The lowest BCUT2D eigenvalue weighted by molar-refractivity contribution is 0.0113. The second-order valence-corrected chi connectivity index (χ2v) is 5.79. The smallest absolute Gasteiger partial charge is 0.249 e. The highest BCUT2D eigenvalue weighted by Crippen LogP contribution is 2.53. The zero-order chi connectivity index (χ0) is 15.2. The number of nitrogens with zero attached hydrogens (tertiary/aromatic N) is 1. The van der Waals surface area contributed by atoms with Gasteiger partial charge in [-0.05, 0) is 15.9 Å². The Hall–Kier alpha value is -1.61. The van der Waals surface area contributed by atoms with Crippen LogP contribution in [0.15, 0.2) is 40.9 Å². The summed E-state index contributed by atoms with van der Waals surface area (Å²) in [5.74, 6) is -0.585. The number of hydrogen-bond donors (Lipinski definition) is 1. The van der Waals surface area contributed by atoms with E-state index >= 15 is 0 Å². The predicted molar refractivity (Wildman–Crippen MR) is 78.4 cm³/mol. The molecule has 0 aliphatic carbocycles. The summed E-state index contributed by atoms with van der Waals surface area (Å²) >= 11 is 8.99. The molecule has 1 aliphatic heterocycles. The van der Waals surface area contributed by atoms with Gasteiger partial charge in [-0.25, -0.2) is 4.39 Å². The molecule has 0 bridgehead atoms. The molecule has 0 saturated heterocycles. The monoisotopic (exact) mass is 367 g/mol. The molecule has 6 heteroatoms. The number of aliphatic hydroxyl groups excluding tert-OH is 1. The van der Waals surface area contributed by atoms with E-state index in [4.69, 9.17) is 16.3 Å². The summed E-state index contributed by atoms with van der Waals surface area (Å²) in [5.41, 5.74) is -0.866. The molecule has 1 aliphatic rings. The molecule has 0 radical (unpaired) electrons. The molecule has 2 aromatic rings. The van der Waals surface area contributed by atoms with Crippen LogP contribution in [-0.4, -0.2) is 5.11 Å². The Kier molecular flexibility index (Phi) is 3.40. The lowest BCUT2D eigenvalue weighted by Gasteiger charge is -2.24. The Morgan fingerprint density at radius 3 is 2.67 bits per heavy atom. The third-order valence-electron chi connectivity index (χ3n) is 3.46. The van der Waals surface area contributed by atoms with Crippen LogP contribution in [0.1, 0.15) is 17.2 Å². The van der Waals surface area contributed by atoms with Gasteiger partial charge < -0.3 is 9.84 Å². The van der Waals surface area contributed by atoms with Gasteiger partial charge in [0.25, 0.3) is 0 Å². The van der Waals surface area contributed by atoms with Gasteiger partial charge in [-0.15, -0.1) is 0 Å². The Bertz CT molecular complexity index is 763. The van der Waals surface area contributed by atoms with Crippen LogP contribution in [0, 0.1) is 17.1 Å². The van der Waals surface area contributed by atoms with Gasteiger partial charge in [0, 0.05) is 21.7 Å². The molecule has 0 fully saturated rings. The summed E-state index contributed by atoms with van der Waals surface area (Å²) in [4.78, 5) is 0. The van der Waals surface area contributed by atoms with Crippen molar-refractivity contribution in [1.29, 1.82) is 5.26 Å². The number of halogens is 3. The van der Waals surface area contributed by atoms with Crippen LogP contribution in [0.5, 0.6) is 5.75 Å². The maximum Gasteiger partial charge on any atom is 0.249 e. The van der Waals surface area contributed by atoms with Crippen LogP contribution >= 0.6 is 27.5 Å². The minimum absolute atomic E-state index is 0.0988.